The number of carbonyl (C=O) groups excluding carboxylic acids is 1. The molecule has 0 aliphatic carbocycles. The second-order valence-electron chi connectivity index (χ2n) is 5.49. The van der Waals surface area contributed by atoms with Crippen LogP contribution in [0.3, 0.4) is 0 Å². The van der Waals surface area contributed by atoms with Crippen LogP contribution in [0.1, 0.15) is 21.0 Å². The normalized spacial score (nSPS) is 10.8. The molecule has 1 aromatic carbocycles. The number of nitrogens with zero attached hydrogens (tertiary/aromatic N) is 1. The van der Waals surface area contributed by atoms with Crippen LogP contribution in [-0.2, 0) is 13.1 Å². The lowest BCUT2D eigenvalue weighted by atomic mass is 10.2. The first-order chi connectivity index (χ1) is 12.7. The van der Waals surface area contributed by atoms with Crippen molar-refractivity contribution in [3.05, 3.63) is 76.4 Å². The van der Waals surface area contributed by atoms with E-state index in [1.807, 2.05) is 30.3 Å². The van der Waals surface area contributed by atoms with Gasteiger partial charge in [0.15, 0.2) is 11.7 Å². The molecule has 0 bridgehead atoms. The Morgan fingerprint density at radius 1 is 1.07 bits per heavy atom. The monoisotopic (exact) mass is 496 g/mol. The Kier molecular flexibility index (Phi) is 8.34. The van der Waals surface area contributed by atoms with Gasteiger partial charge in [-0.1, -0.05) is 18.2 Å². The van der Waals surface area contributed by atoms with Gasteiger partial charge in [-0.3, -0.25) is 9.79 Å². The average Bonchev–Trinajstić information content (AvgIpc) is 3.37. The summed E-state index contributed by atoms with van der Waals surface area (Å²) in [6.45, 7) is 1.38. The molecule has 1 amide bonds. The highest BCUT2D eigenvalue weighted by atomic mass is 127. The number of carbonyl (C=O) groups is 1. The van der Waals surface area contributed by atoms with Gasteiger partial charge in [-0.25, -0.2) is 0 Å². The van der Waals surface area contributed by atoms with Crippen molar-refractivity contribution >= 4 is 52.9 Å². The van der Waals surface area contributed by atoms with Gasteiger partial charge in [0.05, 0.1) is 12.8 Å². The Bertz CT molecular complexity index is 846. The van der Waals surface area contributed by atoms with E-state index in [0.717, 1.165) is 23.8 Å². The highest BCUT2D eigenvalue weighted by Crippen LogP contribution is 2.12. The van der Waals surface area contributed by atoms with Crippen LogP contribution in [0, 0.1) is 0 Å². The summed E-state index contributed by atoms with van der Waals surface area (Å²) in [5.41, 5.74) is 1.80. The first-order valence-corrected chi connectivity index (χ1v) is 9.03. The molecular formula is C19H21IN4O2S. The Hall–Kier alpha value is -2.33. The van der Waals surface area contributed by atoms with E-state index in [-0.39, 0.29) is 35.6 Å². The SMILES string of the molecule is CN=C(NCc1ccc(NC(=O)c2ccco2)cc1)NCc1cccs1.I. The zero-order valence-electron chi connectivity index (χ0n) is 14.8. The van der Waals surface area contributed by atoms with Crippen LogP contribution < -0.4 is 16.0 Å². The minimum atomic E-state index is -0.265. The van der Waals surface area contributed by atoms with Crippen LogP contribution in [0.25, 0.3) is 0 Å². The molecule has 0 atom stereocenters. The van der Waals surface area contributed by atoms with E-state index < -0.39 is 0 Å². The van der Waals surface area contributed by atoms with Crippen LogP contribution in [0.5, 0.6) is 0 Å². The number of benzene rings is 1. The molecular weight excluding hydrogens is 475 g/mol. The van der Waals surface area contributed by atoms with Gasteiger partial charge in [0, 0.05) is 24.2 Å². The lowest BCUT2D eigenvalue weighted by molar-refractivity contribution is 0.0996. The predicted molar refractivity (Wildman–Crippen MR) is 120 cm³/mol. The minimum Gasteiger partial charge on any atom is -0.459 e. The zero-order valence-corrected chi connectivity index (χ0v) is 17.9. The molecule has 0 spiro atoms. The van der Waals surface area contributed by atoms with E-state index in [9.17, 15) is 4.79 Å². The number of guanidine groups is 1. The number of rotatable bonds is 6. The number of furan rings is 1. The van der Waals surface area contributed by atoms with Gasteiger partial charge >= 0.3 is 0 Å². The molecule has 0 aliphatic rings. The third-order valence-electron chi connectivity index (χ3n) is 3.65. The lowest BCUT2D eigenvalue weighted by Crippen LogP contribution is -2.36. The largest absolute Gasteiger partial charge is 0.459 e. The second kappa shape index (κ2) is 10.7. The van der Waals surface area contributed by atoms with E-state index in [1.165, 1.54) is 11.1 Å². The number of hydrogen-bond donors (Lipinski definition) is 3. The van der Waals surface area contributed by atoms with Crippen molar-refractivity contribution < 1.29 is 9.21 Å². The van der Waals surface area contributed by atoms with Crippen molar-refractivity contribution in [2.24, 2.45) is 4.99 Å². The maximum Gasteiger partial charge on any atom is 0.291 e. The molecule has 2 aromatic heterocycles. The van der Waals surface area contributed by atoms with E-state index in [4.69, 9.17) is 4.42 Å². The second-order valence-corrected chi connectivity index (χ2v) is 6.52. The Balaban J connectivity index is 0.00000261. The van der Waals surface area contributed by atoms with Gasteiger partial charge in [0.25, 0.3) is 5.91 Å². The summed E-state index contributed by atoms with van der Waals surface area (Å²) < 4.78 is 5.08. The first kappa shape index (κ1) is 21.0. The van der Waals surface area contributed by atoms with Crippen molar-refractivity contribution in [2.45, 2.75) is 13.1 Å². The third-order valence-corrected chi connectivity index (χ3v) is 4.53. The highest BCUT2D eigenvalue weighted by molar-refractivity contribution is 14.0. The van der Waals surface area contributed by atoms with Gasteiger partial charge in [0.1, 0.15) is 0 Å². The van der Waals surface area contributed by atoms with Crippen molar-refractivity contribution in [2.75, 3.05) is 12.4 Å². The Morgan fingerprint density at radius 3 is 2.48 bits per heavy atom. The lowest BCUT2D eigenvalue weighted by Gasteiger charge is -2.11. The summed E-state index contributed by atoms with van der Waals surface area (Å²) in [7, 11) is 1.75. The van der Waals surface area contributed by atoms with Gasteiger partial charge in [0.2, 0.25) is 0 Å². The summed E-state index contributed by atoms with van der Waals surface area (Å²) in [6, 6.07) is 15.1. The summed E-state index contributed by atoms with van der Waals surface area (Å²) in [6.07, 6.45) is 1.48. The van der Waals surface area contributed by atoms with E-state index in [0.29, 0.717) is 6.54 Å². The fourth-order valence-electron chi connectivity index (χ4n) is 2.30. The standard InChI is InChI=1S/C19H20N4O2S.HI/c1-20-19(22-13-16-4-3-11-26-16)21-12-14-6-8-15(9-7-14)23-18(24)17-5-2-10-25-17;/h2-11H,12-13H2,1H3,(H,23,24)(H2,20,21,22);1H. The van der Waals surface area contributed by atoms with Gasteiger partial charge in [-0.2, -0.15) is 0 Å². The van der Waals surface area contributed by atoms with Crippen LogP contribution in [0.2, 0.25) is 0 Å². The quantitative estimate of drug-likeness (QED) is 0.273. The minimum absolute atomic E-state index is 0. The molecule has 3 rings (SSSR count). The molecule has 8 heteroatoms. The van der Waals surface area contributed by atoms with Crippen molar-refractivity contribution in [3.63, 3.8) is 0 Å². The number of thiophene rings is 1. The van der Waals surface area contributed by atoms with E-state index in [2.05, 4.69) is 32.4 Å². The number of anilines is 1. The molecule has 0 unspecified atom stereocenters. The number of halogens is 1. The Morgan fingerprint density at radius 2 is 1.85 bits per heavy atom. The van der Waals surface area contributed by atoms with E-state index >= 15 is 0 Å². The molecule has 2 heterocycles. The van der Waals surface area contributed by atoms with Gasteiger partial charge < -0.3 is 20.4 Å². The summed E-state index contributed by atoms with van der Waals surface area (Å²) >= 11 is 1.71. The Labute approximate surface area is 179 Å². The fraction of sp³-hybridized carbons (Fsp3) is 0.158. The molecule has 0 fully saturated rings. The van der Waals surface area contributed by atoms with Crippen LogP contribution in [-0.4, -0.2) is 18.9 Å². The topological polar surface area (TPSA) is 78.7 Å². The van der Waals surface area contributed by atoms with Crippen molar-refractivity contribution in [1.82, 2.24) is 10.6 Å². The number of nitrogens with one attached hydrogen (secondary N) is 3. The summed E-state index contributed by atoms with van der Waals surface area (Å²) in [5.74, 6) is 0.768. The molecule has 0 saturated carbocycles. The molecule has 3 N–H and O–H groups in total. The van der Waals surface area contributed by atoms with Crippen LogP contribution >= 0.6 is 35.3 Å². The van der Waals surface area contributed by atoms with Gasteiger partial charge in [-0.05, 0) is 41.3 Å². The number of hydrogen-bond acceptors (Lipinski definition) is 4. The van der Waals surface area contributed by atoms with E-state index in [1.54, 1.807) is 30.5 Å². The molecule has 3 aromatic rings. The highest BCUT2D eigenvalue weighted by Gasteiger charge is 2.08. The first-order valence-electron chi connectivity index (χ1n) is 8.15. The van der Waals surface area contributed by atoms with Crippen LogP contribution in [0.15, 0.2) is 69.6 Å². The molecule has 0 saturated heterocycles. The van der Waals surface area contributed by atoms with Crippen LogP contribution in [0.4, 0.5) is 5.69 Å². The van der Waals surface area contributed by atoms with Crippen molar-refractivity contribution in [1.29, 1.82) is 0 Å². The smallest absolute Gasteiger partial charge is 0.291 e. The molecule has 0 aliphatic heterocycles. The average molecular weight is 496 g/mol. The zero-order chi connectivity index (χ0) is 18.2. The summed E-state index contributed by atoms with van der Waals surface area (Å²) in [4.78, 5) is 17.4. The van der Waals surface area contributed by atoms with Gasteiger partial charge in [-0.15, -0.1) is 35.3 Å². The maximum absolute atomic E-state index is 11.9. The molecule has 0 radical (unpaired) electrons. The number of aliphatic imine (C=N–C) groups is 1. The predicted octanol–water partition coefficient (Wildman–Crippen LogP) is 4.08. The third kappa shape index (κ3) is 6.40. The molecule has 27 heavy (non-hydrogen) atoms. The maximum atomic E-state index is 11.9. The fourth-order valence-corrected chi connectivity index (χ4v) is 2.94. The number of amides is 1. The molecule has 6 nitrogen and oxygen atoms in total. The molecule has 142 valence electrons. The summed E-state index contributed by atoms with van der Waals surface area (Å²) in [5, 5.41) is 11.4. The van der Waals surface area contributed by atoms with Crippen molar-refractivity contribution in [3.8, 4) is 0 Å².